The average molecular weight is 413 g/mol. The minimum Gasteiger partial charge on any atom is -0.397 e. The fourth-order valence-electron chi connectivity index (χ4n) is 3.98. The molecule has 2 aromatic heterocycles. The average Bonchev–Trinajstić information content (AvgIpc) is 3.17. The molecular formula is C25H24N4S. The first kappa shape index (κ1) is 19.0. The van der Waals surface area contributed by atoms with Crippen LogP contribution in [0.2, 0.25) is 0 Å². The van der Waals surface area contributed by atoms with Crippen LogP contribution in [0.3, 0.4) is 0 Å². The zero-order chi connectivity index (χ0) is 20.6. The molecule has 0 unspecified atom stereocenters. The van der Waals surface area contributed by atoms with E-state index < -0.39 is 0 Å². The Balaban J connectivity index is 1.55. The van der Waals surface area contributed by atoms with Crippen LogP contribution in [0, 0.1) is 0 Å². The molecule has 1 saturated carbocycles. The van der Waals surface area contributed by atoms with Crippen LogP contribution in [0.4, 0.5) is 5.69 Å². The molecule has 5 rings (SSSR count). The number of rotatable bonds is 5. The maximum atomic E-state index is 6.51. The van der Waals surface area contributed by atoms with Crippen LogP contribution in [-0.2, 0) is 12.0 Å². The van der Waals surface area contributed by atoms with Crippen LogP contribution in [0.5, 0.6) is 0 Å². The number of nitrogen functional groups attached to an aromatic ring is 1. The molecule has 1 aliphatic carbocycles. The van der Waals surface area contributed by atoms with Gasteiger partial charge in [-0.2, -0.15) is 0 Å². The second kappa shape index (κ2) is 7.67. The van der Waals surface area contributed by atoms with Gasteiger partial charge < -0.3 is 11.5 Å². The molecule has 0 spiro atoms. The van der Waals surface area contributed by atoms with E-state index in [0.717, 1.165) is 41.1 Å². The third kappa shape index (κ3) is 3.62. The molecule has 2 heterocycles. The molecule has 0 bridgehead atoms. The van der Waals surface area contributed by atoms with Gasteiger partial charge in [0, 0.05) is 40.4 Å². The number of benzene rings is 2. The number of thiazole rings is 1. The molecule has 4 aromatic rings. The van der Waals surface area contributed by atoms with E-state index >= 15 is 0 Å². The van der Waals surface area contributed by atoms with Crippen molar-refractivity contribution in [3.63, 3.8) is 0 Å². The maximum Gasteiger partial charge on any atom is 0.125 e. The molecule has 5 heteroatoms. The van der Waals surface area contributed by atoms with Gasteiger partial charge in [0.15, 0.2) is 0 Å². The molecule has 4 nitrogen and oxygen atoms in total. The lowest BCUT2D eigenvalue weighted by Gasteiger charge is -2.38. The monoisotopic (exact) mass is 412 g/mol. The van der Waals surface area contributed by atoms with Crippen molar-refractivity contribution in [3.8, 4) is 21.8 Å². The van der Waals surface area contributed by atoms with Crippen LogP contribution >= 0.6 is 11.3 Å². The van der Waals surface area contributed by atoms with Gasteiger partial charge in [-0.3, -0.25) is 4.98 Å². The highest BCUT2D eigenvalue weighted by atomic mass is 32.1. The number of nitrogens with two attached hydrogens (primary N) is 2. The lowest BCUT2D eigenvalue weighted by molar-refractivity contribution is 0.253. The molecule has 1 aliphatic rings. The first-order valence-corrected chi connectivity index (χ1v) is 11.1. The summed E-state index contributed by atoms with van der Waals surface area (Å²) < 4.78 is 0. The summed E-state index contributed by atoms with van der Waals surface area (Å²) in [6.07, 6.45) is 7.66. The highest BCUT2D eigenvalue weighted by molar-refractivity contribution is 7.15. The summed E-state index contributed by atoms with van der Waals surface area (Å²) in [6, 6.07) is 21.1. The van der Waals surface area contributed by atoms with E-state index in [2.05, 4.69) is 53.5 Å². The summed E-state index contributed by atoms with van der Waals surface area (Å²) in [5.74, 6) is 0. The fraction of sp³-hybridized carbons (Fsp3) is 0.200. The Morgan fingerprint density at radius 2 is 1.70 bits per heavy atom. The summed E-state index contributed by atoms with van der Waals surface area (Å²) in [5, 5.41) is 0.939. The normalized spacial score (nSPS) is 15.0. The number of aromatic nitrogens is 2. The first-order chi connectivity index (χ1) is 14.6. The Labute approximate surface area is 180 Å². The Kier molecular flexibility index (Phi) is 4.85. The van der Waals surface area contributed by atoms with Crippen LogP contribution < -0.4 is 11.5 Å². The van der Waals surface area contributed by atoms with E-state index in [0.29, 0.717) is 5.69 Å². The summed E-state index contributed by atoms with van der Waals surface area (Å²) in [7, 11) is 0. The van der Waals surface area contributed by atoms with Gasteiger partial charge in [-0.1, -0.05) is 54.6 Å². The second-order valence-electron chi connectivity index (χ2n) is 8.05. The Bertz CT molecular complexity index is 1160. The zero-order valence-corrected chi connectivity index (χ0v) is 17.5. The van der Waals surface area contributed by atoms with Crippen molar-refractivity contribution < 1.29 is 0 Å². The van der Waals surface area contributed by atoms with Crippen LogP contribution in [0.15, 0.2) is 73.1 Å². The lowest BCUT2D eigenvalue weighted by atomic mass is 9.72. The van der Waals surface area contributed by atoms with E-state index in [1.807, 2.05) is 18.3 Å². The van der Waals surface area contributed by atoms with E-state index in [1.54, 1.807) is 17.5 Å². The highest BCUT2D eigenvalue weighted by Crippen LogP contribution is 2.40. The second-order valence-corrected chi connectivity index (χ2v) is 9.13. The van der Waals surface area contributed by atoms with Crippen molar-refractivity contribution in [2.75, 3.05) is 5.73 Å². The van der Waals surface area contributed by atoms with Crippen molar-refractivity contribution in [1.29, 1.82) is 0 Å². The fourth-order valence-corrected chi connectivity index (χ4v) is 5.08. The van der Waals surface area contributed by atoms with E-state index in [9.17, 15) is 0 Å². The number of anilines is 1. The standard InChI is InChI=1S/C25H24N4S/c26-21-14-19(15-28-16-21)24-29-23(22(30-24)13-17-5-2-1-3-6-17)18-7-9-20(10-8-18)25(27)11-4-12-25/h1-3,5-10,14-16H,4,11-13,26-27H2. The third-order valence-electron chi connectivity index (χ3n) is 5.89. The molecule has 150 valence electrons. The van der Waals surface area contributed by atoms with Crippen molar-refractivity contribution in [2.45, 2.75) is 31.2 Å². The van der Waals surface area contributed by atoms with Gasteiger partial charge in [-0.25, -0.2) is 4.98 Å². The predicted molar refractivity (Wildman–Crippen MR) is 124 cm³/mol. The maximum absolute atomic E-state index is 6.51. The number of hydrogen-bond donors (Lipinski definition) is 2. The zero-order valence-electron chi connectivity index (χ0n) is 16.7. The predicted octanol–water partition coefficient (Wildman–Crippen LogP) is 5.38. The number of nitrogens with zero attached hydrogens (tertiary/aromatic N) is 2. The third-order valence-corrected chi connectivity index (χ3v) is 6.99. The van der Waals surface area contributed by atoms with Gasteiger partial charge in [-0.05, 0) is 36.5 Å². The van der Waals surface area contributed by atoms with Gasteiger partial charge in [0.1, 0.15) is 5.01 Å². The summed E-state index contributed by atoms with van der Waals surface area (Å²) in [4.78, 5) is 10.5. The van der Waals surface area contributed by atoms with Gasteiger partial charge in [-0.15, -0.1) is 11.3 Å². The van der Waals surface area contributed by atoms with Gasteiger partial charge >= 0.3 is 0 Å². The molecular weight excluding hydrogens is 388 g/mol. The molecule has 0 atom stereocenters. The minimum absolute atomic E-state index is 0.147. The molecule has 2 aromatic carbocycles. The van der Waals surface area contributed by atoms with Crippen LogP contribution in [-0.4, -0.2) is 9.97 Å². The lowest BCUT2D eigenvalue weighted by Crippen LogP contribution is -2.43. The van der Waals surface area contributed by atoms with Crippen molar-refractivity contribution >= 4 is 17.0 Å². The molecule has 0 amide bonds. The van der Waals surface area contributed by atoms with Crippen molar-refractivity contribution in [1.82, 2.24) is 9.97 Å². The number of pyridine rings is 1. The van der Waals surface area contributed by atoms with E-state index in [-0.39, 0.29) is 5.54 Å². The molecule has 0 saturated heterocycles. The Morgan fingerprint density at radius 1 is 0.933 bits per heavy atom. The molecule has 4 N–H and O–H groups in total. The summed E-state index contributed by atoms with van der Waals surface area (Å²) in [5.41, 5.74) is 18.5. The number of hydrogen-bond acceptors (Lipinski definition) is 5. The summed E-state index contributed by atoms with van der Waals surface area (Å²) in [6.45, 7) is 0. The smallest absolute Gasteiger partial charge is 0.125 e. The molecule has 0 aliphatic heterocycles. The SMILES string of the molecule is Nc1cncc(-c2nc(-c3ccc(C4(N)CCC4)cc3)c(Cc3ccccc3)s2)c1. The van der Waals surface area contributed by atoms with Crippen LogP contribution in [0.25, 0.3) is 21.8 Å². The van der Waals surface area contributed by atoms with Gasteiger partial charge in [0.2, 0.25) is 0 Å². The largest absolute Gasteiger partial charge is 0.397 e. The minimum atomic E-state index is -0.147. The molecule has 1 fully saturated rings. The first-order valence-electron chi connectivity index (χ1n) is 10.3. The quantitative estimate of drug-likeness (QED) is 0.461. The Morgan fingerprint density at radius 3 is 2.37 bits per heavy atom. The van der Waals surface area contributed by atoms with Gasteiger partial charge in [0.25, 0.3) is 0 Å². The van der Waals surface area contributed by atoms with Crippen molar-refractivity contribution in [2.24, 2.45) is 5.73 Å². The van der Waals surface area contributed by atoms with Gasteiger partial charge in [0.05, 0.1) is 11.4 Å². The molecule has 30 heavy (non-hydrogen) atoms. The van der Waals surface area contributed by atoms with Crippen molar-refractivity contribution in [3.05, 3.63) is 89.1 Å². The van der Waals surface area contributed by atoms with E-state index in [1.165, 1.54) is 22.4 Å². The van der Waals surface area contributed by atoms with E-state index in [4.69, 9.17) is 16.5 Å². The topological polar surface area (TPSA) is 77.8 Å². The van der Waals surface area contributed by atoms with Crippen LogP contribution in [0.1, 0.15) is 35.3 Å². The Hall–Kier alpha value is -3.02. The highest BCUT2D eigenvalue weighted by Gasteiger charge is 2.34. The molecule has 0 radical (unpaired) electrons. The summed E-state index contributed by atoms with van der Waals surface area (Å²) >= 11 is 1.71.